The first-order valence-corrected chi connectivity index (χ1v) is 3.96. The monoisotopic (exact) mass is 144 g/mol. The van der Waals surface area contributed by atoms with E-state index in [4.69, 9.17) is 9.68 Å². The van der Waals surface area contributed by atoms with Crippen LogP contribution in [0.1, 0.15) is 27.2 Å². The van der Waals surface area contributed by atoms with Crippen LogP contribution in [0.15, 0.2) is 0 Å². The van der Waals surface area contributed by atoms with Crippen LogP contribution in [0, 0.1) is 5.92 Å². The van der Waals surface area contributed by atoms with Gasteiger partial charge in [0.15, 0.2) is 0 Å². The number of hydrogen-bond donors (Lipinski definition) is 1. The molecule has 0 saturated carbocycles. The van der Waals surface area contributed by atoms with E-state index in [0.717, 1.165) is 12.7 Å². The fourth-order valence-electron chi connectivity index (χ4n) is 0.725. The molecule has 0 atom stereocenters. The molecule has 0 aromatic carbocycles. The lowest BCUT2D eigenvalue weighted by Gasteiger charge is -2.08. The molecule has 0 aromatic rings. The molecule has 2 nitrogen and oxygen atoms in total. The molecule has 10 heavy (non-hydrogen) atoms. The molecular formula is C7H17BO2. The minimum atomic E-state index is -0.556. The van der Waals surface area contributed by atoms with E-state index in [-0.39, 0.29) is 0 Å². The summed E-state index contributed by atoms with van der Waals surface area (Å²) in [5, 5.41) is 9.13. The van der Waals surface area contributed by atoms with Gasteiger partial charge in [-0.2, -0.15) is 0 Å². The molecule has 0 radical (unpaired) electrons. The van der Waals surface area contributed by atoms with Crippen molar-refractivity contribution in [3.63, 3.8) is 0 Å². The Kier molecular flexibility index (Phi) is 5.74. The summed E-state index contributed by atoms with van der Waals surface area (Å²) in [5.74, 6) is 0.506. The maximum atomic E-state index is 9.13. The molecule has 60 valence electrons. The Bertz CT molecular complexity index is 76.0. The molecule has 0 amide bonds. The zero-order valence-corrected chi connectivity index (χ0v) is 7.13. The Labute approximate surface area is 63.7 Å². The summed E-state index contributed by atoms with van der Waals surface area (Å²) in [6, 6.07) is 0. The van der Waals surface area contributed by atoms with Gasteiger partial charge in [-0.1, -0.05) is 20.8 Å². The van der Waals surface area contributed by atoms with Crippen molar-refractivity contribution in [1.82, 2.24) is 0 Å². The van der Waals surface area contributed by atoms with Crippen LogP contribution in [-0.4, -0.2) is 18.7 Å². The summed E-state index contributed by atoms with van der Waals surface area (Å²) in [6.07, 6.45) is 1.70. The zero-order chi connectivity index (χ0) is 7.98. The van der Waals surface area contributed by atoms with Gasteiger partial charge in [-0.3, -0.25) is 0 Å². The Morgan fingerprint density at radius 3 is 2.50 bits per heavy atom. The maximum absolute atomic E-state index is 9.13. The van der Waals surface area contributed by atoms with Gasteiger partial charge in [-0.05, 0) is 18.7 Å². The second kappa shape index (κ2) is 5.75. The maximum Gasteiger partial charge on any atom is 0.454 e. The van der Waals surface area contributed by atoms with Crippen LogP contribution in [0.4, 0.5) is 0 Å². The zero-order valence-electron chi connectivity index (χ0n) is 7.13. The van der Waals surface area contributed by atoms with Gasteiger partial charge in [-0.15, -0.1) is 0 Å². The van der Waals surface area contributed by atoms with Gasteiger partial charge < -0.3 is 9.68 Å². The van der Waals surface area contributed by atoms with Crippen molar-refractivity contribution in [2.45, 2.75) is 33.5 Å². The van der Waals surface area contributed by atoms with Crippen molar-refractivity contribution in [1.29, 1.82) is 0 Å². The van der Waals surface area contributed by atoms with Crippen molar-refractivity contribution in [3.05, 3.63) is 0 Å². The quantitative estimate of drug-likeness (QED) is 0.593. The summed E-state index contributed by atoms with van der Waals surface area (Å²) >= 11 is 0. The van der Waals surface area contributed by atoms with Gasteiger partial charge in [0.2, 0.25) is 0 Å². The molecule has 0 aromatic heterocycles. The summed E-state index contributed by atoms with van der Waals surface area (Å²) in [4.78, 5) is 0. The van der Waals surface area contributed by atoms with Gasteiger partial charge in [0, 0.05) is 6.61 Å². The smallest absolute Gasteiger partial charge is 0.427 e. The lowest BCUT2D eigenvalue weighted by molar-refractivity contribution is 0.254. The van der Waals surface area contributed by atoms with Crippen LogP contribution in [0.3, 0.4) is 0 Å². The molecule has 1 N–H and O–H groups in total. The molecule has 3 heteroatoms. The second-order valence-corrected chi connectivity index (χ2v) is 2.95. The minimum Gasteiger partial charge on any atom is -0.427 e. The van der Waals surface area contributed by atoms with Crippen LogP contribution >= 0.6 is 0 Å². The van der Waals surface area contributed by atoms with Gasteiger partial charge >= 0.3 is 7.12 Å². The van der Waals surface area contributed by atoms with E-state index in [1.807, 2.05) is 6.92 Å². The molecule has 0 rings (SSSR count). The van der Waals surface area contributed by atoms with Crippen LogP contribution < -0.4 is 0 Å². The molecule has 0 aliphatic rings. The predicted molar refractivity (Wildman–Crippen MR) is 43.9 cm³/mol. The lowest BCUT2D eigenvalue weighted by Crippen LogP contribution is -2.20. The molecule has 0 heterocycles. The fraction of sp³-hybridized carbons (Fsp3) is 1.00. The lowest BCUT2D eigenvalue weighted by atomic mass is 9.79. The Morgan fingerprint density at radius 1 is 1.50 bits per heavy atom. The van der Waals surface area contributed by atoms with E-state index in [9.17, 15) is 0 Å². The molecule has 0 fully saturated rings. The van der Waals surface area contributed by atoms with E-state index in [1.54, 1.807) is 0 Å². The number of rotatable bonds is 5. The molecule has 0 aliphatic carbocycles. The Balaban J connectivity index is 3.16. The van der Waals surface area contributed by atoms with Crippen molar-refractivity contribution >= 4 is 7.12 Å². The summed E-state index contributed by atoms with van der Waals surface area (Å²) < 4.78 is 5.06. The average Bonchev–Trinajstić information content (AvgIpc) is 1.82. The highest BCUT2D eigenvalue weighted by Gasteiger charge is 2.13. The third-order valence-corrected chi connectivity index (χ3v) is 1.19. The van der Waals surface area contributed by atoms with Gasteiger partial charge in [0.05, 0.1) is 0 Å². The van der Waals surface area contributed by atoms with E-state index in [1.165, 1.54) is 0 Å². The minimum absolute atomic E-state index is 0.506. The SMILES string of the molecule is CCCOB(O)CC(C)C. The van der Waals surface area contributed by atoms with Gasteiger partial charge in [0.1, 0.15) is 0 Å². The van der Waals surface area contributed by atoms with E-state index < -0.39 is 7.12 Å². The van der Waals surface area contributed by atoms with Gasteiger partial charge in [0.25, 0.3) is 0 Å². The van der Waals surface area contributed by atoms with Crippen LogP contribution in [-0.2, 0) is 4.65 Å². The topological polar surface area (TPSA) is 29.5 Å². The normalized spacial score (nSPS) is 10.5. The highest BCUT2D eigenvalue weighted by molar-refractivity contribution is 6.42. The van der Waals surface area contributed by atoms with Crippen LogP contribution in [0.5, 0.6) is 0 Å². The van der Waals surface area contributed by atoms with E-state index in [0.29, 0.717) is 12.5 Å². The van der Waals surface area contributed by atoms with Crippen LogP contribution in [0.25, 0.3) is 0 Å². The first kappa shape index (κ1) is 9.98. The summed E-state index contributed by atoms with van der Waals surface area (Å²) in [7, 11) is -0.556. The molecule has 0 saturated heterocycles. The molecule has 0 aliphatic heterocycles. The largest absolute Gasteiger partial charge is 0.454 e. The van der Waals surface area contributed by atoms with E-state index in [2.05, 4.69) is 13.8 Å². The van der Waals surface area contributed by atoms with E-state index >= 15 is 0 Å². The second-order valence-electron chi connectivity index (χ2n) is 2.95. The number of hydrogen-bond acceptors (Lipinski definition) is 2. The van der Waals surface area contributed by atoms with Crippen LogP contribution in [0.2, 0.25) is 6.32 Å². The highest BCUT2D eigenvalue weighted by atomic mass is 16.5. The predicted octanol–water partition coefficient (Wildman–Crippen LogP) is 1.55. The standard InChI is InChI=1S/C7H17BO2/c1-4-5-10-8(9)6-7(2)3/h7,9H,4-6H2,1-3H3. The molecular weight excluding hydrogens is 127 g/mol. The Hall–Kier alpha value is -0.0151. The third-order valence-electron chi connectivity index (χ3n) is 1.19. The van der Waals surface area contributed by atoms with Gasteiger partial charge in [-0.25, -0.2) is 0 Å². The third kappa shape index (κ3) is 6.11. The summed E-state index contributed by atoms with van der Waals surface area (Å²) in [6.45, 7) is 6.83. The first-order valence-electron chi connectivity index (χ1n) is 3.96. The molecule has 0 bridgehead atoms. The molecule has 0 spiro atoms. The summed E-state index contributed by atoms with van der Waals surface area (Å²) in [5.41, 5.74) is 0. The Morgan fingerprint density at radius 2 is 2.10 bits per heavy atom. The van der Waals surface area contributed by atoms with Crippen molar-refractivity contribution in [2.24, 2.45) is 5.92 Å². The highest BCUT2D eigenvalue weighted by Crippen LogP contribution is 2.03. The van der Waals surface area contributed by atoms with Crippen molar-refractivity contribution in [2.75, 3.05) is 6.61 Å². The van der Waals surface area contributed by atoms with Crippen molar-refractivity contribution < 1.29 is 9.68 Å². The first-order chi connectivity index (χ1) is 4.66. The molecule has 0 unspecified atom stereocenters. The average molecular weight is 144 g/mol. The fourth-order valence-corrected chi connectivity index (χ4v) is 0.725. The van der Waals surface area contributed by atoms with Crippen molar-refractivity contribution in [3.8, 4) is 0 Å².